The summed E-state index contributed by atoms with van der Waals surface area (Å²) in [5, 5.41) is 0.178. The maximum absolute atomic E-state index is 12.7. The zero-order chi connectivity index (χ0) is 38.1. The zero-order valence-electron chi connectivity index (χ0n) is 26.9. The first-order valence-corrected chi connectivity index (χ1v) is 20.0. The lowest BCUT2D eigenvalue weighted by Gasteiger charge is -2.13. The molecule has 2 N–H and O–H groups in total. The third-order valence-corrected chi connectivity index (χ3v) is 11.5. The first-order valence-electron chi connectivity index (χ1n) is 14.8. The standard InChI is InChI=1S/C17H13Cl3N4O3S.C14H14Cl3N3O3S/c1-10-11(4-3-7-21-10)9-27-17-16(22-8-14(19)23-17)24-28(25,26)13-6-2-5-12(18)15(13)20;1-2-3-7-23-14-13(18-8-11(16)19-14)20-24(21,22)10-6-4-5-9(15)12(10)17/h2-8H,9H2,1H3,(H,22,24);4-6,8H,2-3,7H2,1H3,(H,18,20). The number of anilines is 2. The summed E-state index contributed by atoms with van der Waals surface area (Å²) in [7, 11) is -8.12. The quantitative estimate of drug-likeness (QED) is 0.108. The van der Waals surface area contributed by atoms with Gasteiger partial charge in [0, 0.05) is 17.5 Å². The van der Waals surface area contributed by atoms with E-state index in [0.717, 1.165) is 24.1 Å². The summed E-state index contributed by atoms with van der Waals surface area (Å²) in [6.07, 6.45) is 5.76. The predicted octanol–water partition coefficient (Wildman–Crippen LogP) is 8.94. The molecule has 0 aliphatic heterocycles. The molecule has 3 heterocycles. The maximum Gasteiger partial charge on any atom is 0.264 e. The van der Waals surface area contributed by atoms with E-state index in [2.05, 4.69) is 34.4 Å². The molecule has 0 atom stereocenters. The van der Waals surface area contributed by atoms with Crippen LogP contribution in [0.3, 0.4) is 0 Å². The van der Waals surface area contributed by atoms with Gasteiger partial charge in [-0.2, -0.15) is 9.97 Å². The molecular formula is C31H27Cl6N7O6S2. The van der Waals surface area contributed by atoms with Crippen molar-refractivity contribution in [1.82, 2.24) is 24.9 Å². The summed E-state index contributed by atoms with van der Waals surface area (Å²) in [4.78, 5) is 19.7. The number of halogens is 6. The summed E-state index contributed by atoms with van der Waals surface area (Å²) < 4.78 is 66.2. The van der Waals surface area contributed by atoms with Crippen LogP contribution in [0.1, 0.15) is 31.0 Å². The third-order valence-electron chi connectivity index (χ3n) is 6.51. The molecule has 0 amide bonds. The SMILES string of the molecule is CCCCOc1nc(Cl)cnc1NS(=O)(=O)c1cccc(Cl)c1Cl.Cc1ncccc1COc1nc(Cl)cnc1NS(=O)(=O)c1cccc(Cl)c1Cl. The van der Waals surface area contributed by atoms with Crippen LogP contribution in [0, 0.1) is 6.92 Å². The number of hydrogen-bond acceptors (Lipinski definition) is 11. The monoisotopic (exact) mass is 867 g/mol. The molecule has 13 nitrogen and oxygen atoms in total. The van der Waals surface area contributed by atoms with Crippen LogP contribution in [0.2, 0.25) is 30.4 Å². The zero-order valence-corrected chi connectivity index (χ0v) is 33.1. The number of rotatable bonds is 13. The van der Waals surface area contributed by atoms with E-state index in [1.165, 1.54) is 48.8 Å². The van der Waals surface area contributed by atoms with Crippen LogP contribution in [0.25, 0.3) is 0 Å². The molecule has 52 heavy (non-hydrogen) atoms. The van der Waals surface area contributed by atoms with Crippen molar-refractivity contribution >= 4 is 101 Å². The van der Waals surface area contributed by atoms with E-state index in [-0.39, 0.29) is 70.2 Å². The first kappa shape index (κ1) is 41.3. The number of pyridine rings is 1. The van der Waals surface area contributed by atoms with Gasteiger partial charge in [-0.3, -0.25) is 14.4 Å². The van der Waals surface area contributed by atoms with E-state index in [0.29, 0.717) is 6.61 Å². The van der Waals surface area contributed by atoms with Gasteiger partial charge in [-0.1, -0.05) is 101 Å². The Morgan fingerprint density at radius 3 is 1.65 bits per heavy atom. The number of aromatic nitrogens is 5. The lowest BCUT2D eigenvalue weighted by molar-refractivity contribution is 0.293. The summed E-state index contributed by atoms with van der Waals surface area (Å²) in [6, 6.07) is 12.2. The van der Waals surface area contributed by atoms with Gasteiger partial charge in [0.15, 0.2) is 10.3 Å². The van der Waals surface area contributed by atoms with Crippen molar-refractivity contribution in [3.63, 3.8) is 0 Å². The lowest BCUT2D eigenvalue weighted by Crippen LogP contribution is -2.16. The second-order valence-electron chi connectivity index (χ2n) is 10.2. The van der Waals surface area contributed by atoms with Crippen molar-refractivity contribution in [3.05, 3.63) is 109 Å². The highest BCUT2D eigenvalue weighted by Crippen LogP contribution is 2.33. The second-order valence-corrected chi connectivity index (χ2v) is 15.9. The Morgan fingerprint density at radius 1 is 0.673 bits per heavy atom. The topological polar surface area (TPSA) is 175 Å². The minimum atomic E-state index is -4.10. The molecule has 5 aromatic rings. The average molecular weight is 870 g/mol. The molecule has 276 valence electrons. The molecule has 0 spiro atoms. The number of benzene rings is 2. The van der Waals surface area contributed by atoms with Crippen molar-refractivity contribution in [1.29, 1.82) is 0 Å². The Morgan fingerprint density at radius 2 is 1.17 bits per heavy atom. The van der Waals surface area contributed by atoms with Crippen LogP contribution in [-0.4, -0.2) is 48.4 Å². The summed E-state index contributed by atoms with van der Waals surface area (Å²) in [5.74, 6) is -0.302. The highest BCUT2D eigenvalue weighted by molar-refractivity contribution is 7.93. The minimum Gasteiger partial charge on any atom is -0.475 e. The van der Waals surface area contributed by atoms with Crippen LogP contribution >= 0.6 is 69.6 Å². The van der Waals surface area contributed by atoms with E-state index in [1.807, 2.05) is 19.9 Å². The Labute approximate surface area is 330 Å². The van der Waals surface area contributed by atoms with Gasteiger partial charge in [0.1, 0.15) is 16.4 Å². The Kier molecular flexibility index (Phi) is 14.8. The summed E-state index contributed by atoms with van der Waals surface area (Å²) in [5.41, 5.74) is 1.57. The molecule has 3 aromatic heterocycles. The van der Waals surface area contributed by atoms with Gasteiger partial charge in [0.05, 0.1) is 39.1 Å². The van der Waals surface area contributed by atoms with Gasteiger partial charge in [-0.05, 0) is 43.7 Å². The van der Waals surface area contributed by atoms with Crippen molar-refractivity contribution in [2.75, 3.05) is 16.1 Å². The van der Waals surface area contributed by atoms with Crippen molar-refractivity contribution in [2.24, 2.45) is 0 Å². The highest BCUT2D eigenvalue weighted by Gasteiger charge is 2.24. The highest BCUT2D eigenvalue weighted by atomic mass is 35.5. The molecule has 0 unspecified atom stereocenters. The Bertz CT molecular complexity index is 2270. The lowest BCUT2D eigenvalue weighted by atomic mass is 10.2. The van der Waals surface area contributed by atoms with E-state index in [9.17, 15) is 16.8 Å². The van der Waals surface area contributed by atoms with E-state index in [1.54, 1.807) is 12.3 Å². The fourth-order valence-electron chi connectivity index (χ4n) is 3.92. The number of nitrogens with zero attached hydrogens (tertiary/aromatic N) is 5. The van der Waals surface area contributed by atoms with E-state index in [4.69, 9.17) is 79.1 Å². The van der Waals surface area contributed by atoms with Gasteiger partial charge >= 0.3 is 0 Å². The number of unbranched alkanes of at least 4 members (excludes halogenated alkanes) is 1. The molecule has 0 aliphatic carbocycles. The number of ether oxygens (including phenoxy) is 2. The molecule has 21 heteroatoms. The van der Waals surface area contributed by atoms with Crippen LogP contribution in [-0.2, 0) is 26.7 Å². The number of aryl methyl sites for hydroxylation is 1. The van der Waals surface area contributed by atoms with Crippen molar-refractivity contribution < 1.29 is 26.3 Å². The van der Waals surface area contributed by atoms with Gasteiger partial charge < -0.3 is 9.47 Å². The van der Waals surface area contributed by atoms with Crippen LogP contribution in [0.4, 0.5) is 11.6 Å². The molecular weight excluding hydrogens is 843 g/mol. The Balaban J connectivity index is 0.000000236. The molecule has 0 saturated carbocycles. The molecule has 0 saturated heterocycles. The molecule has 5 rings (SSSR count). The maximum atomic E-state index is 12.7. The van der Waals surface area contributed by atoms with E-state index >= 15 is 0 Å². The second kappa shape index (κ2) is 18.6. The average Bonchev–Trinajstić information content (AvgIpc) is 3.09. The van der Waals surface area contributed by atoms with Gasteiger partial charge in [0.25, 0.3) is 31.8 Å². The molecule has 2 aromatic carbocycles. The predicted molar refractivity (Wildman–Crippen MR) is 202 cm³/mol. The van der Waals surface area contributed by atoms with Crippen LogP contribution in [0.15, 0.2) is 76.9 Å². The summed E-state index contributed by atoms with van der Waals surface area (Å²) >= 11 is 35.4. The van der Waals surface area contributed by atoms with Crippen molar-refractivity contribution in [3.8, 4) is 11.8 Å². The normalized spacial score (nSPS) is 11.3. The van der Waals surface area contributed by atoms with Crippen LogP contribution in [0.5, 0.6) is 11.8 Å². The van der Waals surface area contributed by atoms with Gasteiger partial charge in [-0.25, -0.2) is 26.8 Å². The van der Waals surface area contributed by atoms with Gasteiger partial charge in [-0.15, -0.1) is 0 Å². The fourth-order valence-corrected chi connectivity index (χ4v) is 7.71. The molecule has 0 bridgehead atoms. The largest absolute Gasteiger partial charge is 0.475 e. The molecule has 0 radical (unpaired) electrons. The molecule has 0 aliphatic rings. The summed E-state index contributed by atoms with van der Waals surface area (Å²) in [6.45, 7) is 4.28. The number of hydrogen-bond donors (Lipinski definition) is 2. The smallest absolute Gasteiger partial charge is 0.264 e. The van der Waals surface area contributed by atoms with Crippen LogP contribution < -0.4 is 18.9 Å². The third kappa shape index (κ3) is 11.1. The van der Waals surface area contributed by atoms with E-state index < -0.39 is 20.0 Å². The minimum absolute atomic E-state index is 0.00215. The Hall–Kier alpha value is -3.41. The first-order chi connectivity index (χ1) is 24.6. The fraction of sp³-hybridized carbons (Fsp3) is 0.194. The number of nitrogens with one attached hydrogen (secondary N) is 2. The molecule has 0 fully saturated rings. The number of sulfonamides is 2. The van der Waals surface area contributed by atoms with Crippen molar-refractivity contribution in [2.45, 2.75) is 43.1 Å². The van der Waals surface area contributed by atoms with Gasteiger partial charge in [0.2, 0.25) is 11.6 Å².